The molecule has 2 aromatic carbocycles. The Bertz CT molecular complexity index is 513. The highest BCUT2D eigenvalue weighted by Crippen LogP contribution is 2.31. The van der Waals surface area contributed by atoms with Gasteiger partial charge in [-0.1, -0.05) is 52.3 Å². The van der Waals surface area contributed by atoms with Crippen molar-refractivity contribution in [2.24, 2.45) is 5.73 Å². The molecule has 0 fully saturated rings. The Hall–Kier alpha value is -1.32. The van der Waals surface area contributed by atoms with Crippen LogP contribution in [0.4, 0.5) is 0 Å². The summed E-state index contributed by atoms with van der Waals surface area (Å²) in [5, 5.41) is 0. The van der Waals surface area contributed by atoms with Gasteiger partial charge in [0.25, 0.3) is 0 Å². The maximum absolute atomic E-state index is 6.28. The quantitative estimate of drug-likeness (QED) is 0.939. The van der Waals surface area contributed by atoms with E-state index in [4.69, 9.17) is 10.5 Å². The van der Waals surface area contributed by atoms with Crippen LogP contribution in [-0.4, -0.2) is 7.11 Å². The van der Waals surface area contributed by atoms with Gasteiger partial charge in [-0.15, -0.1) is 0 Å². The number of nitrogens with two attached hydrogens (primary N) is 1. The molecule has 2 aromatic rings. The van der Waals surface area contributed by atoms with E-state index >= 15 is 0 Å². The second kappa shape index (κ2) is 5.34. The van der Waals surface area contributed by atoms with Gasteiger partial charge < -0.3 is 10.5 Å². The van der Waals surface area contributed by atoms with Crippen LogP contribution >= 0.6 is 15.9 Å². The van der Waals surface area contributed by atoms with Gasteiger partial charge in [0, 0.05) is 10.0 Å². The lowest BCUT2D eigenvalue weighted by Crippen LogP contribution is -2.13. The third-order valence-corrected chi connectivity index (χ3v) is 3.44. The molecule has 17 heavy (non-hydrogen) atoms. The first-order chi connectivity index (χ1) is 8.24. The molecule has 2 nitrogen and oxygen atoms in total. The van der Waals surface area contributed by atoms with E-state index < -0.39 is 0 Å². The Labute approximate surface area is 110 Å². The molecule has 0 aliphatic rings. The molecule has 88 valence electrons. The molecular formula is C14H14BrNO. The van der Waals surface area contributed by atoms with E-state index in [-0.39, 0.29) is 6.04 Å². The van der Waals surface area contributed by atoms with E-state index in [9.17, 15) is 0 Å². The van der Waals surface area contributed by atoms with Crippen molar-refractivity contribution in [1.82, 2.24) is 0 Å². The molecule has 0 saturated carbocycles. The Morgan fingerprint density at radius 1 is 1.00 bits per heavy atom. The predicted octanol–water partition coefficient (Wildman–Crippen LogP) is 3.51. The molecule has 1 unspecified atom stereocenters. The highest BCUT2D eigenvalue weighted by atomic mass is 79.9. The first-order valence-electron chi connectivity index (χ1n) is 5.37. The van der Waals surface area contributed by atoms with Gasteiger partial charge in [-0.3, -0.25) is 0 Å². The summed E-state index contributed by atoms with van der Waals surface area (Å²) in [5.74, 6) is 0.816. The van der Waals surface area contributed by atoms with Crippen LogP contribution in [0.5, 0.6) is 5.75 Å². The number of hydrogen-bond donors (Lipinski definition) is 1. The van der Waals surface area contributed by atoms with Gasteiger partial charge >= 0.3 is 0 Å². The molecule has 0 radical (unpaired) electrons. The summed E-state index contributed by atoms with van der Waals surface area (Å²) < 4.78 is 6.34. The number of ether oxygens (including phenoxy) is 1. The molecule has 0 aromatic heterocycles. The van der Waals surface area contributed by atoms with Crippen molar-refractivity contribution in [1.29, 1.82) is 0 Å². The van der Waals surface area contributed by atoms with Crippen LogP contribution in [-0.2, 0) is 0 Å². The first-order valence-corrected chi connectivity index (χ1v) is 6.16. The van der Waals surface area contributed by atoms with E-state index in [1.807, 2.05) is 48.5 Å². The minimum absolute atomic E-state index is 0.193. The maximum atomic E-state index is 6.28. The van der Waals surface area contributed by atoms with Gasteiger partial charge in [0.05, 0.1) is 13.2 Å². The molecule has 0 aliphatic heterocycles. The van der Waals surface area contributed by atoms with Gasteiger partial charge in [-0.2, -0.15) is 0 Å². The fourth-order valence-corrected chi connectivity index (χ4v) is 2.35. The number of hydrogen-bond acceptors (Lipinski definition) is 2. The molecule has 0 amide bonds. The van der Waals surface area contributed by atoms with Gasteiger partial charge in [0.2, 0.25) is 0 Å². The second-order valence-corrected chi connectivity index (χ2v) is 4.60. The summed E-state index contributed by atoms with van der Waals surface area (Å²) in [6.45, 7) is 0. The van der Waals surface area contributed by atoms with E-state index in [1.54, 1.807) is 7.11 Å². The molecule has 1 atom stereocenters. The topological polar surface area (TPSA) is 35.2 Å². The zero-order chi connectivity index (χ0) is 12.3. The van der Waals surface area contributed by atoms with Crippen LogP contribution in [0.15, 0.2) is 53.0 Å². The van der Waals surface area contributed by atoms with Crippen molar-refractivity contribution in [3.05, 3.63) is 64.1 Å². The molecule has 3 heteroatoms. The Morgan fingerprint density at radius 2 is 1.59 bits per heavy atom. The highest BCUT2D eigenvalue weighted by molar-refractivity contribution is 9.10. The summed E-state index contributed by atoms with van der Waals surface area (Å²) in [6.07, 6.45) is 0. The smallest absolute Gasteiger partial charge is 0.123 e. The highest BCUT2D eigenvalue weighted by Gasteiger charge is 2.15. The van der Waals surface area contributed by atoms with Crippen LogP contribution in [0.2, 0.25) is 0 Å². The number of rotatable bonds is 3. The molecule has 0 saturated heterocycles. The van der Waals surface area contributed by atoms with Crippen LogP contribution in [0.25, 0.3) is 0 Å². The molecular weight excluding hydrogens is 278 g/mol. The lowest BCUT2D eigenvalue weighted by molar-refractivity contribution is 0.408. The normalized spacial score (nSPS) is 12.2. The van der Waals surface area contributed by atoms with Gasteiger partial charge in [0.15, 0.2) is 0 Å². The summed E-state index contributed by atoms with van der Waals surface area (Å²) in [7, 11) is 1.66. The number of benzene rings is 2. The molecule has 2 N–H and O–H groups in total. The fraction of sp³-hybridized carbons (Fsp3) is 0.143. The van der Waals surface area contributed by atoms with Crippen molar-refractivity contribution in [2.45, 2.75) is 6.04 Å². The van der Waals surface area contributed by atoms with Crippen molar-refractivity contribution < 1.29 is 4.74 Å². The van der Waals surface area contributed by atoms with Crippen molar-refractivity contribution in [3.63, 3.8) is 0 Å². The summed E-state index contributed by atoms with van der Waals surface area (Å²) >= 11 is 3.52. The van der Waals surface area contributed by atoms with Crippen LogP contribution in [0.3, 0.4) is 0 Å². The Morgan fingerprint density at radius 3 is 2.24 bits per heavy atom. The predicted molar refractivity (Wildman–Crippen MR) is 73.2 cm³/mol. The lowest BCUT2D eigenvalue weighted by Gasteiger charge is -2.17. The van der Waals surface area contributed by atoms with Crippen LogP contribution in [0.1, 0.15) is 17.2 Å². The molecule has 0 heterocycles. The summed E-state index contributed by atoms with van der Waals surface area (Å²) in [4.78, 5) is 0. The standard InChI is InChI=1S/C14H14BrNO/c1-17-13-9-5-3-7-11(13)14(16)10-6-2-4-8-12(10)15/h2-9,14H,16H2,1H3. The van der Waals surface area contributed by atoms with Crippen LogP contribution < -0.4 is 10.5 Å². The van der Waals surface area contributed by atoms with E-state index in [0.29, 0.717) is 0 Å². The minimum atomic E-state index is -0.193. The average molecular weight is 292 g/mol. The largest absolute Gasteiger partial charge is 0.496 e. The SMILES string of the molecule is COc1ccccc1C(N)c1ccccc1Br. The van der Waals surface area contributed by atoms with Gasteiger partial charge in [-0.25, -0.2) is 0 Å². The Balaban J connectivity index is 2.44. The number of para-hydroxylation sites is 1. The monoisotopic (exact) mass is 291 g/mol. The maximum Gasteiger partial charge on any atom is 0.123 e. The zero-order valence-electron chi connectivity index (χ0n) is 9.56. The summed E-state index contributed by atoms with van der Waals surface area (Å²) in [6, 6.07) is 15.6. The molecule has 0 bridgehead atoms. The van der Waals surface area contributed by atoms with Crippen molar-refractivity contribution in [3.8, 4) is 5.75 Å². The van der Waals surface area contributed by atoms with Crippen LogP contribution in [0, 0.1) is 0 Å². The van der Waals surface area contributed by atoms with E-state index in [2.05, 4.69) is 15.9 Å². The molecule has 0 spiro atoms. The molecule has 2 rings (SSSR count). The van der Waals surface area contributed by atoms with Gasteiger partial charge in [-0.05, 0) is 17.7 Å². The zero-order valence-corrected chi connectivity index (χ0v) is 11.1. The number of halogens is 1. The second-order valence-electron chi connectivity index (χ2n) is 3.74. The lowest BCUT2D eigenvalue weighted by atomic mass is 9.99. The molecule has 0 aliphatic carbocycles. The summed E-state index contributed by atoms with van der Waals surface area (Å²) in [5.41, 5.74) is 8.32. The van der Waals surface area contributed by atoms with Crippen molar-refractivity contribution in [2.75, 3.05) is 7.11 Å². The van der Waals surface area contributed by atoms with Crippen molar-refractivity contribution >= 4 is 15.9 Å². The van der Waals surface area contributed by atoms with E-state index in [1.165, 1.54) is 0 Å². The Kier molecular flexibility index (Phi) is 3.82. The third-order valence-electron chi connectivity index (χ3n) is 2.71. The van der Waals surface area contributed by atoms with E-state index in [0.717, 1.165) is 21.3 Å². The third kappa shape index (κ3) is 2.51. The first kappa shape index (κ1) is 12.1. The van der Waals surface area contributed by atoms with Gasteiger partial charge in [0.1, 0.15) is 5.75 Å². The average Bonchev–Trinajstić information content (AvgIpc) is 2.38. The number of methoxy groups -OCH3 is 1. The fourth-order valence-electron chi connectivity index (χ4n) is 1.82. The minimum Gasteiger partial charge on any atom is -0.496 e.